The third-order valence-electron chi connectivity index (χ3n) is 8.24. The van der Waals surface area contributed by atoms with Crippen LogP contribution in [0.4, 0.5) is 0 Å². The molecular weight excluding hydrogens is 555 g/mol. The number of rotatable bonds is 6. The van der Waals surface area contributed by atoms with Crippen LogP contribution in [0.25, 0.3) is 64.2 Å². The lowest BCUT2D eigenvalue weighted by Gasteiger charge is -2.05. The SMILES string of the molecule is N=C(/C=C\N=Cn1c2ccccc2c2cc(-c3cccc4c3sc3ccccc34)ccc21)c1ccc(-c2ccccc2)cc1. The predicted molar refractivity (Wildman–Crippen MR) is 190 cm³/mol. The maximum Gasteiger partial charge on any atom is 0.0995 e. The zero-order valence-electron chi connectivity index (χ0n) is 23.8. The van der Waals surface area contributed by atoms with Crippen LogP contribution in [0, 0.1) is 5.41 Å². The minimum Gasteiger partial charge on any atom is -0.300 e. The number of fused-ring (bicyclic) bond motifs is 6. The summed E-state index contributed by atoms with van der Waals surface area (Å²) in [6.45, 7) is 0. The van der Waals surface area contributed by atoms with Crippen molar-refractivity contribution in [1.82, 2.24) is 4.57 Å². The van der Waals surface area contributed by atoms with Gasteiger partial charge in [-0.3, -0.25) is 4.57 Å². The smallest absolute Gasteiger partial charge is 0.0995 e. The number of aromatic nitrogens is 1. The van der Waals surface area contributed by atoms with Gasteiger partial charge in [0.05, 0.1) is 23.1 Å². The molecule has 0 atom stereocenters. The highest BCUT2D eigenvalue weighted by molar-refractivity contribution is 7.26. The fourth-order valence-electron chi connectivity index (χ4n) is 6.06. The molecule has 0 saturated carbocycles. The monoisotopic (exact) mass is 581 g/mol. The van der Waals surface area contributed by atoms with Gasteiger partial charge < -0.3 is 5.41 Å². The maximum atomic E-state index is 8.55. The van der Waals surface area contributed by atoms with Crippen LogP contribution in [-0.4, -0.2) is 16.6 Å². The Bertz CT molecular complexity index is 2390. The number of benzene rings is 6. The van der Waals surface area contributed by atoms with Crippen molar-refractivity contribution in [1.29, 1.82) is 5.41 Å². The Kier molecular flexibility index (Phi) is 6.47. The highest BCUT2D eigenvalue weighted by Gasteiger charge is 2.14. The van der Waals surface area contributed by atoms with Crippen LogP contribution in [0.5, 0.6) is 0 Å². The summed E-state index contributed by atoms with van der Waals surface area (Å²) in [5.74, 6) is 0. The van der Waals surface area contributed by atoms with Crippen LogP contribution >= 0.6 is 11.3 Å². The Morgan fingerprint density at radius 1 is 0.591 bits per heavy atom. The summed E-state index contributed by atoms with van der Waals surface area (Å²) in [6.07, 6.45) is 5.29. The minimum absolute atomic E-state index is 0.420. The summed E-state index contributed by atoms with van der Waals surface area (Å²) in [7, 11) is 0. The normalized spacial score (nSPS) is 12.0. The van der Waals surface area contributed by atoms with Gasteiger partial charge in [0.2, 0.25) is 0 Å². The molecule has 8 rings (SSSR count). The fraction of sp³-hybridized carbons (Fsp3) is 0. The number of allylic oxidation sites excluding steroid dienone is 1. The number of para-hydroxylation sites is 1. The third kappa shape index (κ3) is 4.53. The highest BCUT2D eigenvalue weighted by atomic mass is 32.1. The van der Waals surface area contributed by atoms with Crippen LogP contribution in [0.15, 0.2) is 157 Å². The second kappa shape index (κ2) is 10.9. The second-order valence-electron chi connectivity index (χ2n) is 10.8. The number of hydrogen-bond acceptors (Lipinski definition) is 3. The van der Waals surface area contributed by atoms with Gasteiger partial charge in [0, 0.05) is 37.1 Å². The van der Waals surface area contributed by atoms with Gasteiger partial charge in [0.15, 0.2) is 0 Å². The van der Waals surface area contributed by atoms with E-state index in [0.717, 1.165) is 22.2 Å². The summed E-state index contributed by atoms with van der Waals surface area (Å²) in [4.78, 5) is 4.61. The molecule has 0 radical (unpaired) electrons. The summed E-state index contributed by atoms with van der Waals surface area (Å²) in [5.41, 5.74) is 8.25. The summed E-state index contributed by atoms with van der Waals surface area (Å²) in [5, 5.41) is 13.6. The Morgan fingerprint density at radius 3 is 2.14 bits per heavy atom. The van der Waals surface area contributed by atoms with E-state index in [4.69, 9.17) is 5.41 Å². The Balaban J connectivity index is 1.11. The average Bonchev–Trinajstić information content (AvgIpc) is 3.62. The molecule has 208 valence electrons. The molecule has 44 heavy (non-hydrogen) atoms. The van der Waals surface area contributed by atoms with Crippen LogP contribution in [0.1, 0.15) is 5.56 Å². The van der Waals surface area contributed by atoms with Crippen molar-refractivity contribution < 1.29 is 0 Å². The van der Waals surface area contributed by atoms with Gasteiger partial charge in [-0.2, -0.15) is 0 Å². The Hall–Kier alpha value is -5.58. The predicted octanol–water partition coefficient (Wildman–Crippen LogP) is 11.0. The lowest BCUT2D eigenvalue weighted by molar-refractivity contribution is 1.30. The van der Waals surface area contributed by atoms with E-state index in [1.165, 1.54) is 47.6 Å². The van der Waals surface area contributed by atoms with Crippen LogP contribution in [0.3, 0.4) is 0 Å². The first-order valence-corrected chi connectivity index (χ1v) is 15.4. The Morgan fingerprint density at radius 2 is 1.27 bits per heavy atom. The van der Waals surface area contributed by atoms with Gasteiger partial charge in [-0.15, -0.1) is 11.3 Å². The van der Waals surface area contributed by atoms with Crippen LogP contribution in [-0.2, 0) is 0 Å². The molecule has 0 aliphatic rings. The second-order valence-corrected chi connectivity index (χ2v) is 11.9. The van der Waals surface area contributed by atoms with Gasteiger partial charge in [-0.25, -0.2) is 4.99 Å². The minimum atomic E-state index is 0.420. The van der Waals surface area contributed by atoms with Crippen molar-refractivity contribution in [3.63, 3.8) is 0 Å². The van der Waals surface area contributed by atoms with Crippen molar-refractivity contribution in [2.24, 2.45) is 4.99 Å². The molecule has 2 heterocycles. The van der Waals surface area contributed by atoms with Gasteiger partial charge in [-0.1, -0.05) is 115 Å². The zero-order valence-corrected chi connectivity index (χ0v) is 24.6. The molecule has 0 aliphatic heterocycles. The maximum absolute atomic E-state index is 8.55. The lowest BCUT2D eigenvalue weighted by atomic mass is 10.0. The summed E-state index contributed by atoms with van der Waals surface area (Å²) >= 11 is 1.86. The first-order valence-electron chi connectivity index (χ1n) is 14.6. The number of aliphatic imine (C=N–C) groups is 1. The molecule has 0 unspecified atom stereocenters. The molecule has 0 aliphatic carbocycles. The summed E-state index contributed by atoms with van der Waals surface area (Å²) in [6, 6.07) is 48.8. The number of hydrogen-bond donors (Lipinski definition) is 1. The van der Waals surface area contributed by atoms with Crippen molar-refractivity contribution in [3.8, 4) is 22.3 Å². The molecule has 6 aromatic carbocycles. The van der Waals surface area contributed by atoms with Gasteiger partial charge >= 0.3 is 0 Å². The van der Waals surface area contributed by atoms with Gasteiger partial charge in [0.25, 0.3) is 0 Å². The van der Waals surface area contributed by atoms with E-state index in [1.807, 2.05) is 48.0 Å². The van der Waals surface area contributed by atoms with E-state index < -0.39 is 0 Å². The quantitative estimate of drug-likeness (QED) is 0.150. The van der Waals surface area contributed by atoms with Crippen molar-refractivity contribution in [2.45, 2.75) is 0 Å². The van der Waals surface area contributed by atoms with Crippen molar-refractivity contribution >= 4 is 65.4 Å². The molecule has 4 heteroatoms. The van der Waals surface area contributed by atoms with Gasteiger partial charge in [0.1, 0.15) is 0 Å². The molecule has 3 nitrogen and oxygen atoms in total. The van der Waals surface area contributed by atoms with E-state index in [-0.39, 0.29) is 0 Å². The number of nitrogens with zero attached hydrogens (tertiary/aromatic N) is 2. The topological polar surface area (TPSA) is 41.1 Å². The largest absolute Gasteiger partial charge is 0.300 e. The molecule has 0 fully saturated rings. The molecule has 2 aromatic heterocycles. The van der Waals surface area contributed by atoms with Crippen molar-refractivity contribution in [2.75, 3.05) is 0 Å². The van der Waals surface area contributed by atoms with E-state index in [1.54, 1.807) is 12.3 Å². The molecular formula is C40H27N3S. The van der Waals surface area contributed by atoms with Crippen LogP contribution < -0.4 is 0 Å². The molecule has 0 spiro atoms. The molecule has 1 N–H and O–H groups in total. The average molecular weight is 582 g/mol. The summed E-state index contributed by atoms with van der Waals surface area (Å²) < 4.78 is 4.77. The fourth-order valence-corrected chi connectivity index (χ4v) is 7.30. The highest BCUT2D eigenvalue weighted by Crippen LogP contribution is 2.41. The molecule has 0 saturated heterocycles. The Labute approximate surface area is 259 Å². The van der Waals surface area contributed by atoms with E-state index >= 15 is 0 Å². The number of nitrogens with one attached hydrogen (secondary N) is 1. The van der Waals surface area contributed by atoms with Gasteiger partial charge in [-0.05, 0) is 58.2 Å². The molecule has 0 amide bonds. The number of thiophene rings is 1. The standard InChI is InChI=1S/C40H27N3S/c41-36(29-19-17-28(18-20-29)27-9-2-1-3-10-27)23-24-42-26-43-37-15-6-4-11-32(37)35-25-30(21-22-38(35)43)31-13-8-14-34-33-12-5-7-16-39(33)44-40(31)34/h1-26,41H/b24-23-,41-36?,42-26?. The molecule has 8 aromatic rings. The lowest BCUT2D eigenvalue weighted by Crippen LogP contribution is -1.95. The third-order valence-corrected chi connectivity index (χ3v) is 9.46. The zero-order chi connectivity index (χ0) is 29.5. The first kappa shape index (κ1) is 26.1. The molecule has 0 bridgehead atoms. The van der Waals surface area contributed by atoms with E-state index in [2.05, 4.69) is 119 Å². The van der Waals surface area contributed by atoms with E-state index in [9.17, 15) is 0 Å². The van der Waals surface area contributed by atoms with Crippen LogP contribution in [0.2, 0.25) is 0 Å². The van der Waals surface area contributed by atoms with Crippen molar-refractivity contribution in [3.05, 3.63) is 157 Å². The first-order chi connectivity index (χ1) is 21.7. The van der Waals surface area contributed by atoms with E-state index in [0.29, 0.717) is 5.71 Å².